The summed E-state index contributed by atoms with van der Waals surface area (Å²) in [5, 5.41) is 3.33. The first kappa shape index (κ1) is 13.2. The fraction of sp³-hybridized carbons (Fsp3) is 0.769. The van der Waals surface area contributed by atoms with Crippen molar-refractivity contribution in [1.82, 2.24) is 5.32 Å². The number of hydrogen-bond donors (Lipinski definition) is 1. The van der Waals surface area contributed by atoms with Gasteiger partial charge in [-0.15, -0.1) is 6.58 Å². The molecule has 0 unspecified atom stereocenters. The van der Waals surface area contributed by atoms with Gasteiger partial charge in [-0.25, -0.2) is 0 Å². The normalized spacial score (nSPS) is 25.4. The van der Waals surface area contributed by atoms with Gasteiger partial charge in [0.05, 0.1) is 5.92 Å². The summed E-state index contributed by atoms with van der Waals surface area (Å²) in [6, 6.07) is 0.257. The molecule has 2 atom stereocenters. The SMILES string of the molecule is C=CCN[C@H]1CCC[C@H]1C(=O)OC(C)(C)C. The Morgan fingerprint density at radius 3 is 2.75 bits per heavy atom. The summed E-state index contributed by atoms with van der Waals surface area (Å²) in [5.41, 5.74) is -0.386. The lowest BCUT2D eigenvalue weighted by Crippen LogP contribution is -2.39. The summed E-state index contributed by atoms with van der Waals surface area (Å²) in [7, 11) is 0. The van der Waals surface area contributed by atoms with E-state index in [0.29, 0.717) is 0 Å². The van der Waals surface area contributed by atoms with Gasteiger partial charge in [0, 0.05) is 12.6 Å². The quantitative estimate of drug-likeness (QED) is 0.589. The lowest BCUT2D eigenvalue weighted by molar-refractivity contribution is -0.160. The minimum atomic E-state index is -0.386. The third-order valence-corrected chi connectivity index (χ3v) is 2.75. The van der Waals surface area contributed by atoms with Crippen molar-refractivity contribution in [2.24, 2.45) is 5.92 Å². The van der Waals surface area contributed by atoms with E-state index in [4.69, 9.17) is 4.74 Å². The van der Waals surface area contributed by atoms with Crippen LogP contribution in [0.25, 0.3) is 0 Å². The Bertz CT molecular complexity index is 255. The van der Waals surface area contributed by atoms with Crippen molar-refractivity contribution in [3.8, 4) is 0 Å². The predicted molar refractivity (Wildman–Crippen MR) is 65.2 cm³/mol. The molecule has 3 heteroatoms. The zero-order chi connectivity index (χ0) is 12.2. The van der Waals surface area contributed by atoms with Crippen LogP contribution in [0.3, 0.4) is 0 Å². The Kier molecular flexibility index (Phi) is 4.54. The van der Waals surface area contributed by atoms with Gasteiger partial charge in [-0.1, -0.05) is 12.5 Å². The number of nitrogens with one attached hydrogen (secondary N) is 1. The Balaban J connectivity index is 2.50. The summed E-state index contributed by atoms with van der Waals surface area (Å²) in [6.07, 6.45) is 4.91. The molecule has 92 valence electrons. The fourth-order valence-electron chi connectivity index (χ4n) is 2.10. The van der Waals surface area contributed by atoms with Gasteiger partial charge in [-0.2, -0.15) is 0 Å². The van der Waals surface area contributed by atoms with Crippen molar-refractivity contribution < 1.29 is 9.53 Å². The summed E-state index contributed by atoms with van der Waals surface area (Å²) in [6.45, 7) is 10.2. The van der Waals surface area contributed by atoms with Crippen LogP contribution in [-0.2, 0) is 9.53 Å². The highest BCUT2D eigenvalue weighted by molar-refractivity contribution is 5.74. The van der Waals surface area contributed by atoms with E-state index in [2.05, 4.69) is 11.9 Å². The van der Waals surface area contributed by atoms with Crippen molar-refractivity contribution in [2.75, 3.05) is 6.54 Å². The number of carbonyl (C=O) groups excluding carboxylic acids is 1. The number of hydrogen-bond acceptors (Lipinski definition) is 3. The lowest BCUT2D eigenvalue weighted by Gasteiger charge is -2.25. The molecule has 1 aliphatic rings. The maximum Gasteiger partial charge on any atom is 0.311 e. The first-order valence-electron chi connectivity index (χ1n) is 6.01. The number of rotatable bonds is 4. The number of ether oxygens (including phenoxy) is 1. The average molecular weight is 225 g/mol. The zero-order valence-corrected chi connectivity index (χ0v) is 10.6. The van der Waals surface area contributed by atoms with E-state index in [1.807, 2.05) is 26.8 Å². The van der Waals surface area contributed by atoms with Crippen LogP contribution in [0.5, 0.6) is 0 Å². The monoisotopic (exact) mass is 225 g/mol. The van der Waals surface area contributed by atoms with Crippen LogP contribution in [0.4, 0.5) is 0 Å². The molecule has 0 aromatic rings. The molecule has 0 saturated heterocycles. The Hall–Kier alpha value is -0.830. The first-order valence-corrected chi connectivity index (χ1v) is 6.01. The molecule has 0 amide bonds. The largest absolute Gasteiger partial charge is 0.460 e. The van der Waals surface area contributed by atoms with Crippen LogP contribution in [-0.4, -0.2) is 24.2 Å². The second kappa shape index (κ2) is 5.48. The molecule has 0 heterocycles. The molecule has 0 spiro atoms. The topological polar surface area (TPSA) is 38.3 Å². The molecule has 3 nitrogen and oxygen atoms in total. The van der Waals surface area contributed by atoms with Crippen molar-refractivity contribution in [1.29, 1.82) is 0 Å². The van der Waals surface area contributed by atoms with Crippen LogP contribution in [0.2, 0.25) is 0 Å². The summed E-state index contributed by atoms with van der Waals surface area (Å²) >= 11 is 0. The Morgan fingerprint density at radius 2 is 2.19 bits per heavy atom. The van der Waals surface area contributed by atoms with Gasteiger partial charge < -0.3 is 10.1 Å². The first-order chi connectivity index (χ1) is 7.44. The standard InChI is InChI=1S/C13H23NO2/c1-5-9-14-11-8-6-7-10(11)12(15)16-13(2,3)4/h5,10-11,14H,1,6-9H2,2-4H3/t10-,11+/m1/s1. The molecule has 1 saturated carbocycles. The van der Waals surface area contributed by atoms with E-state index in [9.17, 15) is 4.79 Å². The molecule has 1 aliphatic carbocycles. The highest BCUT2D eigenvalue weighted by Gasteiger charge is 2.35. The minimum Gasteiger partial charge on any atom is -0.460 e. The van der Waals surface area contributed by atoms with Gasteiger partial charge in [0.2, 0.25) is 0 Å². The Morgan fingerprint density at radius 1 is 1.50 bits per heavy atom. The Labute approximate surface area is 98.2 Å². The molecule has 0 radical (unpaired) electrons. The van der Waals surface area contributed by atoms with Gasteiger partial charge in [0.1, 0.15) is 5.60 Å². The number of carbonyl (C=O) groups is 1. The molecule has 1 fully saturated rings. The maximum absolute atomic E-state index is 11.9. The van der Waals surface area contributed by atoms with Crippen LogP contribution in [0.15, 0.2) is 12.7 Å². The van der Waals surface area contributed by atoms with Crippen molar-refractivity contribution in [2.45, 2.75) is 51.7 Å². The van der Waals surface area contributed by atoms with Crippen LogP contribution in [0, 0.1) is 5.92 Å². The van der Waals surface area contributed by atoms with E-state index < -0.39 is 0 Å². The smallest absolute Gasteiger partial charge is 0.311 e. The predicted octanol–water partition coefficient (Wildman–Crippen LogP) is 2.27. The molecule has 0 aromatic heterocycles. The van der Waals surface area contributed by atoms with E-state index in [-0.39, 0.29) is 23.5 Å². The molecule has 0 aromatic carbocycles. The van der Waals surface area contributed by atoms with E-state index in [0.717, 1.165) is 25.8 Å². The maximum atomic E-state index is 11.9. The van der Waals surface area contributed by atoms with E-state index >= 15 is 0 Å². The van der Waals surface area contributed by atoms with Gasteiger partial charge in [-0.05, 0) is 33.6 Å². The molecular weight excluding hydrogens is 202 g/mol. The van der Waals surface area contributed by atoms with Crippen LogP contribution >= 0.6 is 0 Å². The molecule has 1 N–H and O–H groups in total. The lowest BCUT2D eigenvalue weighted by atomic mass is 10.0. The zero-order valence-electron chi connectivity index (χ0n) is 10.6. The summed E-state index contributed by atoms with van der Waals surface area (Å²) < 4.78 is 5.43. The van der Waals surface area contributed by atoms with Crippen molar-refractivity contribution in [3.63, 3.8) is 0 Å². The van der Waals surface area contributed by atoms with E-state index in [1.54, 1.807) is 0 Å². The second-order valence-corrected chi connectivity index (χ2v) is 5.37. The van der Waals surface area contributed by atoms with Crippen molar-refractivity contribution >= 4 is 5.97 Å². The van der Waals surface area contributed by atoms with Gasteiger partial charge in [0.15, 0.2) is 0 Å². The minimum absolute atomic E-state index is 0.0131. The molecule has 0 aliphatic heterocycles. The fourth-order valence-corrected chi connectivity index (χ4v) is 2.10. The van der Waals surface area contributed by atoms with Crippen LogP contribution < -0.4 is 5.32 Å². The van der Waals surface area contributed by atoms with Gasteiger partial charge in [-0.3, -0.25) is 4.79 Å². The molecule has 1 rings (SSSR count). The van der Waals surface area contributed by atoms with Gasteiger partial charge >= 0.3 is 5.97 Å². The molecule has 0 bridgehead atoms. The third-order valence-electron chi connectivity index (χ3n) is 2.75. The highest BCUT2D eigenvalue weighted by Crippen LogP contribution is 2.28. The number of esters is 1. The van der Waals surface area contributed by atoms with E-state index in [1.165, 1.54) is 0 Å². The van der Waals surface area contributed by atoms with Crippen molar-refractivity contribution in [3.05, 3.63) is 12.7 Å². The second-order valence-electron chi connectivity index (χ2n) is 5.37. The molecular formula is C13H23NO2. The third kappa shape index (κ3) is 3.97. The summed E-state index contributed by atoms with van der Waals surface area (Å²) in [5.74, 6) is -0.0502. The summed E-state index contributed by atoms with van der Waals surface area (Å²) in [4.78, 5) is 11.9. The molecule has 16 heavy (non-hydrogen) atoms. The van der Waals surface area contributed by atoms with Gasteiger partial charge in [0.25, 0.3) is 0 Å². The van der Waals surface area contributed by atoms with Crippen LogP contribution in [0.1, 0.15) is 40.0 Å². The average Bonchev–Trinajstić information content (AvgIpc) is 2.59. The highest BCUT2D eigenvalue weighted by atomic mass is 16.6.